The summed E-state index contributed by atoms with van der Waals surface area (Å²) in [7, 11) is 1.78. The van der Waals surface area contributed by atoms with Crippen molar-refractivity contribution >= 4 is 5.52 Å². The molecule has 1 atom stereocenters. The van der Waals surface area contributed by atoms with E-state index in [1.807, 2.05) is 23.0 Å². The quantitative estimate of drug-likeness (QED) is 0.843. The zero-order valence-corrected chi connectivity index (χ0v) is 12.9. The second-order valence-corrected chi connectivity index (χ2v) is 5.74. The van der Waals surface area contributed by atoms with Crippen LogP contribution in [0.25, 0.3) is 5.52 Å². The fourth-order valence-corrected chi connectivity index (χ4v) is 2.43. The molecule has 0 aliphatic carbocycles. The molecule has 4 heteroatoms. The van der Waals surface area contributed by atoms with Gasteiger partial charge in [0.05, 0.1) is 17.3 Å². The number of nitrogens with zero attached hydrogens (tertiary/aromatic N) is 2. The molecule has 0 fully saturated rings. The van der Waals surface area contributed by atoms with E-state index in [9.17, 15) is 0 Å². The number of pyridine rings is 1. The number of methoxy groups -OCH3 is 1. The first-order valence-electron chi connectivity index (χ1n) is 7.28. The Kier molecular flexibility index (Phi) is 4.78. The van der Waals surface area contributed by atoms with Crippen molar-refractivity contribution in [1.29, 1.82) is 0 Å². The van der Waals surface area contributed by atoms with Gasteiger partial charge in [-0.3, -0.25) is 0 Å². The van der Waals surface area contributed by atoms with Crippen LogP contribution in [0.4, 0.5) is 0 Å². The van der Waals surface area contributed by atoms with Crippen LogP contribution in [0, 0.1) is 0 Å². The molecule has 20 heavy (non-hydrogen) atoms. The molecule has 0 saturated heterocycles. The van der Waals surface area contributed by atoms with Crippen LogP contribution < -0.4 is 5.32 Å². The highest BCUT2D eigenvalue weighted by Gasteiger charge is 2.21. The van der Waals surface area contributed by atoms with E-state index in [1.165, 1.54) is 11.1 Å². The Balaban J connectivity index is 2.20. The lowest BCUT2D eigenvalue weighted by Crippen LogP contribution is -2.27. The molecule has 0 aliphatic heterocycles. The van der Waals surface area contributed by atoms with Gasteiger partial charge >= 0.3 is 0 Å². The Hall–Kier alpha value is -1.39. The second kappa shape index (κ2) is 6.37. The molecule has 0 saturated carbocycles. The van der Waals surface area contributed by atoms with Gasteiger partial charge in [0.25, 0.3) is 0 Å². The summed E-state index contributed by atoms with van der Waals surface area (Å²) in [6.45, 7) is 7.35. The van der Waals surface area contributed by atoms with Crippen molar-refractivity contribution in [2.24, 2.45) is 0 Å². The molecule has 1 N–H and O–H groups in total. The minimum absolute atomic E-state index is 0.0867. The number of hydrogen-bond donors (Lipinski definition) is 1. The van der Waals surface area contributed by atoms with Crippen LogP contribution in [0.2, 0.25) is 0 Å². The number of ether oxygens (including phenoxy) is 1. The zero-order chi connectivity index (χ0) is 14.6. The largest absolute Gasteiger partial charge is 0.379 e. The monoisotopic (exact) mass is 275 g/mol. The molecule has 4 nitrogen and oxygen atoms in total. The Bertz CT molecular complexity index is 547. The first-order chi connectivity index (χ1) is 9.57. The summed E-state index contributed by atoms with van der Waals surface area (Å²) in [4.78, 5) is 0. The molecule has 0 aromatic carbocycles. The van der Waals surface area contributed by atoms with E-state index in [4.69, 9.17) is 4.74 Å². The SMILES string of the molecule is CCNC(CCC(C)(C)OC)c1cnn2ccccc12. The third-order valence-electron chi connectivity index (χ3n) is 3.87. The lowest BCUT2D eigenvalue weighted by atomic mass is 9.95. The normalized spacial score (nSPS) is 13.8. The average Bonchev–Trinajstić information content (AvgIpc) is 2.87. The summed E-state index contributed by atoms with van der Waals surface area (Å²) in [6, 6.07) is 6.49. The molecule has 2 aromatic heterocycles. The molecule has 2 heterocycles. The molecular formula is C16H25N3O. The van der Waals surface area contributed by atoms with E-state index in [-0.39, 0.29) is 5.60 Å². The third-order valence-corrected chi connectivity index (χ3v) is 3.87. The van der Waals surface area contributed by atoms with Crippen molar-refractivity contribution in [2.75, 3.05) is 13.7 Å². The molecule has 2 rings (SSSR count). The molecule has 0 spiro atoms. The summed E-state index contributed by atoms with van der Waals surface area (Å²) >= 11 is 0. The van der Waals surface area contributed by atoms with Crippen molar-refractivity contribution in [2.45, 2.75) is 45.3 Å². The zero-order valence-electron chi connectivity index (χ0n) is 12.9. The van der Waals surface area contributed by atoms with Crippen LogP contribution in [-0.4, -0.2) is 28.9 Å². The van der Waals surface area contributed by atoms with Gasteiger partial charge in [0, 0.05) is 24.9 Å². The van der Waals surface area contributed by atoms with Crippen LogP contribution in [0.5, 0.6) is 0 Å². The highest BCUT2D eigenvalue weighted by molar-refractivity contribution is 5.54. The fraction of sp³-hybridized carbons (Fsp3) is 0.562. The molecule has 0 aliphatic rings. The van der Waals surface area contributed by atoms with Crippen LogP contribution >= 0.6 is 0 Å². The maximum Gasteiger partial charge on any atom is 0.0709 e. The highest BCUT2D eigenvalue weighted by Crippen LogP contribution is 2.27. The smallest absolute Gasteiger partial charge is 0.0709 e. The summed E-state index contributed by atoms with van der Waals surface area (Å²) in [6.07, 6.45) is 6.00. The second-order valence-electron chi connectivity index (χ2n) is 5.74. The van der Waals surface area contributed by atoms with E-state index in [2.05, 4.69) is 43.3 Å². The van der Waals surface area contributed by atoms with Gasteiger partial charge in [0.2, 0.25) is 0 Å². The topological polar surface area (TPSA) is 38.6 Å². The molecular weight excluding hydrogens is 250 g/mol. The predicted molar refractivity (Wildman–Crippen MR) is 81.9 cm³/mol. The van der Waals surface area contributed by atoms with Crippen molar-refractivity contribution in [3.8, 4) is 0 Å². The van der Waals surface area contributed by atoms with Gasteiger partial charge < -0.3 is 10.1 Å². The third kappa shape index (κ3) is 3.38. The van der Waals surface area contributed by atoms with Gasteiger partial charge in [-0.25, -0.2) is 4.52 Å². The van der Waals surface area contributed by atoms with Crippen LogP contribution in [-0.2, 0) is 4.74 Å². The van der Waals surface area contributed by atoms with Crippen molar-refractivity contribution in [3.05, 3.63) is 36.2 Å². The Morgan fingerprint density at radius 1 is 1.40 bits per heavy atom. The lowest BCUT2D eigenvalue weighted by molar-refractivity contribution is 0.0117. The van der Waals surface area contributed by atoms with Crippen LogP contribution in [0.1, 0.15) is 45.2 Å². The predicted octanol–water partition coefficient (Wildman–Crippen LogP) is 3.19. The van der Waals surface area contributed by atoms with Crippen molar-refractivity contribution in [1.82, 2.24) is 14.9 Å². The molecule has 0 bridgehead atoms. The van der Waals surface area contributed by atoms with Gasteiger partial charge in [0.1, 0.15) is 0 Å². The number of rotatable bonds is 7. The van der Waals surface area contributed by atoms with Crippen LogP contribution in [0.15, 0.2) is 30.6 Å². The lowest BCUT2D eigenvalue weighted by Gasteiger charge is -2.26. The number of aromatic nitrogens is 2. The molecule has 110 valence electrons. The molecule has 0 amide bonds. The average molecular weight is 275 g/mol. The van der Waals surface area contributed by atoms with Crippen molar-refractivity contribution in [3.63, 3.8) is 0 Å². The van der Waals surface area contributed by atoms with Gasteiger partial charge in [-0.1, -0.05) is 13.0 Å². The van der Waals surface area contributed by atoms with Gasteiger partial charge in [-0.2, -0.15) is 5.10 Å². The Morgan fingerprint density at radius 3 is 2.90 bits per heavy atom. The Morgan fingerprint density at radius 2 is 2.20 bits per heavy atom. The minimum Gasteiger partial charge on any atom is -0.379 e. The number of fused-ring (bicyclic) bond motifs is 1. The fourth-order valence-electron chi connectivity index (χ4n) is 2.43. The summed E-state index contributed by atoms with van der Waals surface area (Å²) in [5.41, 5.74) is 2.35. The number of hydrogen-bond acceptors (Lipinski definition) is 3. The van der Waals surface area contributed by atoms with E-state index < -0.39 is 0 Å². The standard InChI is InChI=1S/C16H25N3O/c1-5-17-14(9-10-16(2,3)20-4)13-12-18-19-11-7-6-8-15(13)19/h6-8,11-12,14,17H,5,9-10H2,1-4H3. The van der Waals surface area contributed by atoms with E-state index in [1.54, 1.807) is 7.11 Å². The van der Waals surface area contributed by atoms with Crippen LogP contribution in [0.3, 0.4) is 0 Å². The van der Waals surface area contributed by atoms with Gasteiger partial charge in [0.15, 0.2) is 0 Å². The summed E-state index contributed by atoms with van der Waals surface area (Å²) in [5, 5.41) is 8.00. The maximum absolute atomic E-state index is 5.52. The molecule has 1 unspecified atom stereocenters. The molecule has 2 aromatic rings. The van der Waals surface area contributed by atoms with E-state index >= 15 is 0 Å². The Labute approximate surface area is 121 Å². The van der Waals surface area contributed by atoms with E-state index in [0.29, 0.717) is 6.04 Å². The highest BCUT2D eigenvalue weighted by atomic mass is 16.5. The maximum atomic E-state index is 5.52. The summed E-state index contributed by atoms with van der Waals surface area (Å²) < 4.78 is 7.45. The van der Waals surface area contributed by atoms with Gasteiger partial charge in [-0.05, 0) is 45.4 Å². The number of nitrogens with one attached hydrogen (secondary N) is 1. The first-order valence-corrected chi connectivity index (χ1v) is 7.28. The van der Waals surface area contributed by atoms with Gasteiger partial charge in [-0.15, -0.1) is 0 Å². The minimum atomic E-state index is -0.0867. The van der Waals surface area contributed by atoms with Crippen molar-refractivity contribution < 1.29 is 4.74 Å². The summed E-state index contributed by atoms with van der Waals surface area (Å²) in [5.74, 6) is 0. The molecule has 0 radical (unpaired) electrons. The van der Waals surface area contributed by atoms with E-state index in [0.717, 1.165) is 19.4 Å². The first kappa shape index (κ1) is 15.0.